The Morgan fingerprint density at radius 1 is 1.60 bits per heavy atom. The third-order valence-corrected chi connectivity index (χ3v) is 3.83. The number of nitrogens with one attached hydrogen (secondary N) is 1. The van der Waals surface area contributed by atoms with Crippen molar-refractivity contribution >= 4 is 10.0 Å². The number of hydrogen-bond donors (Lipinski definition) is 1. The maximum atomic E-state index is 11.7. The van der Waals surface area contributed by atoms with Crippen LogP contribution in [0.5, 0.6) is 0 Å². The highest BCUT2D eigenvalue weighted by Crippen LogP contribution is 2.14. The quantitative estimate of drug-likeness (QED) is 0.717. The first kappa shape index (κ1) is 12.5. The molecule has 0 bridgehead atoms. The molecule has 1 saturated heterocycles. The van der Waals surface area contributed by atoms with Crippen LogP contribution in [0.15, 0.2) is 0 Å². The van der Waals surface area contributed by atoms with Gasteiger partial charge in [0.2, 0.25) is 10.0 Å². The number of ether oxygens (including phenoxy) is 1. The van der Waals surface area contributed by atoms with Crippen molar-refractivity contribution in [2.75, 3.05) is 12.4 Å². The minimum atomic E-state index is -3.35. The summed E-state index contributed by atoms with van der Waals surface area (Å²) in [5, 5.41) is 0. The normalized spacial score (nSPS) is 22.6. The molecule has 1 rings (SSSR count). The van der Waals surface area contributed by atoms with E-state index in [2.05, 4.69) is 10.6 Å². The fraction of sp³-hybridized carbons (Fsp3) is 0.800. The number of hydrogen-bond acceptors (Lipinski definition) is 3. The van der Waals surface area contributed by atoms with E-state index in [9.17, 15) is 8.42 Å². The molecule has 1 heterocycles. The molecule has 1 atom stereocenters. The second kappa shape index (κ2) is 4.52. The summed E-state index contributed by atoms with van der Waals surface area (Å²) >= 11 is 0. The van der Waals surface area contributed by atoms with E-state index in [0.29, 0.717) is 6.61 Å². The lowest BCUT2D eigenvalue weighted by molar-refractivity contribution is 0.127. The molecule has 0 spiro atoms. The first-order valence-electron chi connectivity index (χ1n) is 4.96. The van der Waals surface area contributed by atoms with Crippen molar-refractivity contribution in [3.05, 3.63) is 0 Å². The largest absolute Gasteiger partial charge is 0.377 e. The molecule has 1 fully saturated rings. The zero-order valence-electron chi connectivity index (χ0n) is 9.12. The maximum Gasteiger partial charge on any atom is 0.215 e. The molecule has 4 nitrogen and oxygen atoms in total. The second-order valence-corrected chi connectivity index (χ2v) is 6.05. The predicted molar refractivity (Wildman–Crippen MR) is 58.8 cm³/mol. The molecular formula is C10H17NO3S. The van der Waals surface area contributed by atoms with E-state index in [-0.39, 0.29) is 11.9 Å². The standard InChI is InChI=1S/C10H17NO3S/c1-4-10(2,3)11-15(12,13)8-9-6-5-7-14-9/h1,9,11H,5-8H2,2-3H3. The Labute approximate surface area is 91.4 Å². The molecule has 0 radical (unpaired) electrons. The molecule has 0 aromatic rings. The summed E-state index contributed by atoms with van der Waals surface area (Å²) < 4.78 is 31.1. The molecule has 1 aliphatic heterocycles. The summed E-state index contributed by atoms with van der Waals surface area (Å²) in [7, 11) is -3.35. The van der Waals surface area contributed by atoms with Crippen LogP contribution in [0.25, 0.3) is 0 Å². The molecule has 0 aliphatic carbocycles. The van der Waals surface area contributed by atoms with E-state index in [1.54, 1.807) is 13.8 Å². The third kappa shape index (κ3) is 4.20. The van der Waals surface area contributed by atoms with Crippen LogP contribution < -0.4 is 4.72 Å². The van der Waals surface area contributed by atoms with Crippen molar-refractivity contribution < 1.29 is 13.2 Å². The Bertz CT molecular complexity index is 347. The third-order valence-electron chi connectivity index (χ3n) is 2.20. The highest BCUT2D eigenvalue weighted by Gasteiger charge is 2.27. The fourth-order valence-electron chi connectivity index (χ4n) is 1.48. The first-order valence-corrected chi connectivity index (χ1v) is 6.61. The second-order valence-electron chi connectivity index (χ2n) is 4.29. The zero-order valence-corrected chi connectivity index (χ0v) is 9.93. The molecule has 0 aromatic heterocycles. The van der Waals surface area contributed by atoms with Crippen molar-refractivity contribution in [3.8, 4) is 12.3 Å². The van der Waals surface area contributed by atoms with Gasteiger partial charge < -0.3 is 4.74 Å². The van der Waals surface area contributed by atoms with Gasteiger partial charge in [-0.15, -0.1) is 6.42 Å². The van der Waals surface area contributed by atoms with Crippen molar-refractivity contribution in [1.82, 2.24) is 4.72 Å². The van der Waals surface area contributed by atoms with Gasteiger partial charge in [-0.3, -0.25) is 0 Å². The Balaban J connectivity index is 2.56. The molecule has 15 heavy (non-hydrogen) atoms. The van der Waals surface area contributed by atoms with Crippen molar-refractivity contribution in [3.63, 3.8) is 0 Å². The lowest BCUT2D eigenvalue weighted by Gasteiger charge is -2.20. The molecule has 86 valence electrons. The molecule has 0 aromatic carbocycles. The topological polar surface area (TPSA) is 55.4 Å². The smallest absolute Gasteiger partial charge is 0.215 e. The summed E-state index contributed by atoms with van der Waals surface area (Å²) in [6.45, 7) is 3.96. The number of sulfonamides is 1. The Morgan fingerprint density at radius 2 is 2.27 bits per heavy atom. The highest BCUT2D eigenvalue weighted by atomic mass is 32.2. The van der Waals surface area contributed by atoms with Gasteiger partial charge in [-0.2, -0.15) is 4.72 Å². The number of rotatable bonds is 4. The van der Waals surface area contributed by atoms with Gasteiger partial charge in [-0.1, -0.05) is 5.92 Å². The summed E-state index contributed by atoms with van der Waals surface area (Å²) in [6.07, 6.45) is 6.76. The molecular weight excluding hydrogens is 214 g/mol. The van der Waals surface area contributed by atoms with Crippen LogP contribution in [0, 0.1) is 12.3 Å². The maximum absolute atomic E-state index is 11.7. The zero-order chi connectivity index (χ0) is 11.5. The van der Waals surface area contributed by atoms with Crippen LogP contribution in [0.4, 0.5) is 0 Å². The van der Waals surface area contributed by atoms with Crippen LogP contribution in [0.1, 0.15) is 26.7 Å². The van der Waals surface area contributed by atoms with E-state index in [1.165, 1.54) is 0 Å². The lowest BCUT2D eigenvalue weighted by atomic mass is 10.1. The summed E-state index contributed by atoms with van der Waals surface area (Å²) in [5.41, 5.74) is -0.836. The molecule has 0 saturated carbocycles. The molecule has 1 unspecified atom stereocenters. The first-order chi connectivity index (χ1) is 6.85. The average molecular weight is 231 g/mol. The molecule has 0 amide bonds. The molecule has 5 heteroatoms. The van der Waals surface area contributed by atoms with Gasteiger partial charge in [0.25, 0.3) is 0 Å². The van der Waals surface area contributed by atoms with E-state index >= 15 is 0 Å². The fourth-order valence-corrected chi connectivity index (χ4v) is 3.15. The SMILES string of the molecule is C#CC(C)(C)NS(=O)(=O)CC1CCCO1. The predicted octanol–water partition coefficient (Wildman–Crippen LogP) is 0.497. The lowest BCUT2D eigenvalue weighted by Crippen LogP contribution is -2.44. The summed E-state index contributed by atoms with van der Waals surface area (Å²) in [5.74, 6) is 2.39. The van der Waals surface area contributed by atoms with Gasteiger partial charge >= 0.3 is 0 Å². The average Bonchev–Trinajstić information content (AvgIpc) is 2.54. The van der Waals surface area contributed by atoms with Crippen LogP contribution in [-0.2, 0) is 14.8 Å². The minimum Gasteiger partial charge on any atom is -0.377 e. The van der Waals surface area contributed by atoms with Gasteiger partial charge in [-0.25, -0.2) is 8.42 Å². The Hall–Kier alpha value is -0.570. The van der Waals surface area contributed by atoms with Gasteiger partial charge in [0.05, 0.1) is 17.4 Å². The van der Waals surface area contributed by atoms with E-state index in [1.807, 2.05) is 0 Å². The van der Waals surface area contributed by atoms with Gasteiger partial charge in [-0.05, 0) is 26.7 Å². The Kier molecular flexibility index (Phi) is 3.77. The van der Waals surface area contributed by atoms with E-state index < -0.39 is 15.6 Å². The monoisotopic (exact) mass is 231 g/mol. The van der Waals surface area contributed by atoms with Crippen LogP contribution in [0.3, 0.4) is 0 Å². The van der Waals surface area contributed by atoms with Gasteiger partial charge in [0.15, 0.2) is 0 Å². The molecule has 1 N–H and O–H groups in total. The number of terminal acetylenes is 1. The van der Waals surface area contributed by atoms with Crippen LogP contribution in [0.2, 0.25) is 0 Å². The van der Waals surface area contributed by atoms with Crippen molar-refractivity contribution in [2.45, 2.75) is 38.3 Å². The van der Waals surface area contributed by atoms with Gasteiger partial charge in [0, 0.05) is 6.61 Å². The van der Waals surface area contributed by atoms with Crippen LogP contribution in [-0.4, -0.2) is 32.4 Å². The van der Waals surface area contributed by atoms with E-state index in [4.69, 9.17) is 11.2 Å². The van der Waals surface area contributed by atoms with E-state index in [0.717, 1.165) is 12.8 Å². The highest BCUT2D eigenvalue weighted by molar-refractivity contribution is 7.89. The van der Waals surface area contributed by atoms with Crippen LogP contribution >= 0.6 is 0 Å². The molecule has 1 aliphatic rings. The van der Waals surface area contributed by atoms with Crippen molar-refractivity contribution in [2.24, 2.45) is 0 Å². The van der Waals surface area contributed by atoms with Crippen molar-refractivity contribution in [1.29, 1.82) is 0 Å². The Morgan fingerprint density at radius 3 is 2.73 bits per heavy atom. The summed E-state index contributed by atoms with van der Waals surface area (Å²) in [4.78, 5) is 0. The minimum absolute atomic E-state index is 0.00188. The van der Waals surface area contributed by atoms with Gasteiger partial charge in [0.1, 0.15) is 0 Å². The summed E-state index contributed by atoms with van der Waals surface area (Å²) in [6, 6.07) is 0.